The molecule has 0 saturated heterocycles. The largest absolute Gasteiger partial charge is 0.497 e. The second-order valence-electron chi connectivity index (χ2n) is 9.46. The van der Waals surface area contributed by atoms with Crippen molar-refractivity contribution < 1.29 is 14.3 Å². The van der Waals surface area contributed by atoms with Gasteiger partial charge in [-0.2, -0.15) is 0 Å². The number of carbonyl (C=O) groups excluding carboxylic acids is 1. The van der Waals surface area contributed by atoms with E-state index in [4.69, 9.17) is 9.47 Å². The summed E-state index contributed by atoms with van der Waals surface area (Å²) in [7, 11) is 5.33. The molecule has 4 aliphatic rings. The van der Waals surface area contributed by atoms with Crippen molar-refractivity contribution in [1.82, 2.24) is 10.2 Å². The maximum Gasteiger partial charge on any atom is 0.237 e. The highest BCUT2D eigenvalue weighted by molar-refractivity contribution is 5.82. The van der Waals surface area contributed by atoms with Gasteiger partial charge in [0.2, 0.25) is 5.91 Å². The molecule has 1 aromatic carbocycles. The van der Waals surface area contributed by atoms with Crippen LogP contribution >= 0.6 is 0 Å². The van der Waals surface area contributed by atoms with Gasteiger partial charge in [0.05, 0.1) is 20.3 Å². The highest BCUT2D eigenvalue weighted by atomic mass is 16.5. The summed E-state index contributed by atoms with van der Waals surface area (Å²) >= 11 is 0. The number of benzene rings is 1. The molecule has 5 rings (SSSR count). The van der Waals surface area contributed by atoms with Gasteiger partial charge in [-0.1, -0.05) is 6.07 Å². The second kappa shape index (κ2) is 7.58. The number of nitrogens with one attached hydrogen (secondary N) is 1. The second-order valence-corrected chi connectivity index (χ2v) is 9.46. The van der Waals surface area contributed by atoms with Crippen LogP contribution in [-0.4, -0.2) is 43.7 Å². The molecular formula is C23H34N2O3. The summed E-state index contributed by atoms with van der Waals surface area (Å²) in [4.78, 5) is 15.2. The van der Waals surface area contributed by atoms with E-state index < -0.39 is 0 Å². The molecule has 1 N–H and O–H groups in total. The number of nitrogens with zero attached hydrogens (tertiary/aromatic N) is 1. The third-order valence-electron chi connectivity index (χ3n) is 7.38. The van der Waals surface area contributed by atoms with Crippen LogP contribution in [0.15, 0.2) is 18.2 Å². The van der Waals surface area contributed by atoms with Gasteiger partial charge in [-0.3, -0.25) is 9.69 Å². The minimum absolute atomic E-state index is 0.0682. The Kier molecular flexibility index (Phi) is 5.30. The number of methoxy groups -OCH3 is 2. The summed E-state index contributed by atoms with van der Waals surface area (Å²) in [5.41, 5.74) is 1.12. The summed E-state index contributed by atoms with van der Waals surface area (Å²) in [6.45, 7) is 2.66. The molecule has 5 heteroatoms. The average molecular weight is 387 g/mol. The molecule has 1 amide bonds. The van der Waals surface area contributed by atoms with Gasteiger partial charge in [-0.25, -0.2) is 0 Å². The maximum atomic E-state index is 13.1. The zero-order chi connectivity index (χ0) is 19.9. The van der Waals surface area contributed by atoms with Gasteiger partial charge in [0.25, 0.3) is 0 Å². The fraction of sp³-hybridized carbons (Fsp3) is 0.696. The van der Waals surface area contributed by atoms with Crippen LogP contribution < -0.4 is 14.8 Å². The van der Waals surface area contributed by atoms with E-state index in [2.05, 4.69) is 10.2 Å². The number of carbonyl (C=O) groups is 1. The molecule has 4 fully saturated rings. The molecule has 0 radical (unpaired) electrons. The summed E-state index contributed by atoms with van der Waals surface area (Å²) in [6.07, 6.45) is 7.74. The molecule has 0 aliphatic heterocycles. The van der Waals surface area contributed by atoms with Crippen molar-refractivity contribution in [3.05, 3.63) is 23.8 Å². The molecule has 4 saturated carbocycles. The van der Waals surface area contributed by atoms with Crippen molar-refractivity contribution in [1.29, 1.82) is 0 Å². The highest BCUT2D eigenvalue weighted by Crippen LogP contribution is 2.55. The van der Waals surface area contributed by atoms with Crippen LogP contribution in [0.1, 0.15) is 51.0 Å². The lowest BCUT2D eigenvalue weighted by atomic mass is 9.53. The Morgan fingerprint density at radius 1 is 1.14 bits per heavy atom. The monoisotopic (exact) mass is 386 g/mol. The third-order valence-corrected chi connectivity index (χ3v) is 7.38. The van der Waals surface area contributed by atoms with Gasteiger partial charge in [-0.15, -0.1) is 0 Å². The van der Waals surface area contributed by atoms with Crippen LogP contribution in [0, 0.1) is 17.8 Å². The van der Waals surface area contributed by atoms with Crippen molar-refractivity contribution in [2.75, 3.05) is 21.3 Å². The molecule has 154 valence electrons. The molecule has 0 unspecified atom stereocenters. The maximum absolute atomic E-state index is 13.1. The molecular weight excluding hydrogens is 352 g/mol. The predicted molar refractivity (Wildman–Crippen MR) is 110 cm³/mol. The summed E-state index contributed by atoms with van der Waals surface area (Å²) in [5.74, 6) is 4.24. The zero-order valence-electron chi connectivity index (χ0n) is 17.7. The lowest BCUT2D eigenvalue weighted by Gasteiger charge is -2.57. The van der Waals surface area contributed by atoms with Crippen molar-refractivity contribution >= 4 is 5.91 Å². The van der Waals surface area contributed by atoms with Gasteiger partial charge in [-0.05, 0) is 76.3 Å². The van der Waals surface area contributed by atoms with E-state index in [-0.39, 0.29) is 17.5 Å². The standard InChI is InChI=1S/C23H34N2O3/c1-15(25(2)14-19-5-6-20(27-3)10-21(19)28-4)22(26)24-23-11-16-7-17(12-23)9-18(8-16)13-23/h5-6,10,15-18H,7-9,11-14H2,1-4H3,(H,24,26)/t15-,16?,17?,18?,23?/m1/s1. The van der Waals surface area contributed by atoms with E-state index in [0.29, 0.717) is 6.54 Å². The topological polar surface area (TPSA) is 50.8 Å². The van der Waals surface area contributed by atoms with Crippen LogP contribution in [0.25, 0.3) is 0 Å². The average Bonchev–Trinajstić information content (AvgIpc) is 2.66. The van der Waals surface area contributed by atoms with Crippen LogP contribution in [-0.2, 0) is 11.3 Å². The fourth-order valence-electron chi connectivity index (χ4n) is 6.22. The van der Waals surface area contributed by atoms with Crippen LogP contribution in [0.4, 0.5) is 0 Å². The number of hydrogen-bond acceptors (Lipinski definition) is 4. The first-order valence-corrected chi connectivity index (χ1v) is 10.6. The number of likely N-dealkylation sites (N-methyl/N-ethyl adjacent to an activating group) is 1. The summed E-state index contributed by atoms with van der Waals surface area (Å²) < 4.78 is 10.8. The van der Waals surface area contributed by atoms with Crippen molar-refractivity contribution in [3.63, 3.8) is 0 Å². The van der Waals surface area contributed by atoms with E-state index in [1.165, 1.54) is 38.5 Å². The van der Waals surface area contributed by atoms with Crippen molar-refractivity contribution in [2.24, 2.45) is 17.8 Å². The Morgan fingerprint density at radius 3 is 2.29 bits per heavy atom. The SMILES string of the molecule is COc1ccc(CN(C)[C@H](C)C(=O)NC23CC4CC(CC(C4)C2)C3)c(OC)c1. The smallest absolute Gasteiger partial charge is 0.237 e. The quantitative estimate of drug-likeness (QED) is 0.778. The fourth-order valence-corrected chi connectivity index (χ4v) is 6.22. The Morgan fingerprint density at radius 2 is 1.75 bits per heavy atom. The molecule has 0 heterocycles. The van der Waals surface area contributed by atoms with Crippen molar-refractivity contribution in [3.8, 4) is 11.5 Å². The highest BCUT2D eigenvalue weighted by Gasteiger charge is 2.51. The molecule has 1 atom stereocenters. The van der Waals surface area contributed by atoms with E-state index in [9.17, 15) is 4.79 Å². The molecule has 28 heavy (non-hydrogen) atoms. The van der Waals surface area contributed by atoms with E-state index in [0.717, 1.165) is 34.8 Å². The minimum atomic E-state index is -0.181. The Bertz CT molecular complexity index is 697. The molecule has 0 aromatic heterocycles. The van der Waals surface area contributed by atoms with Crippen LogP contribution in [0.3, 0.4) is 0 Å². The molecule has 5 nitrogen and oxygen atoms in total. The molecule has 4 bridgehead atoms. The third kappa shape index (κ3) is 3.73. The van der Waals surface area contributed by atoms with Gasteiger partial charge >= 0.3 is 0 Å². The van der Waals surface area contributed by atoms with Gasteiger partial charge < -0.3 is 14.8 Å². The van der Waals surface area contributed by atoms with E-state index in [1.54, 1.807) is 14.2 Å². The number of amides is 1. The summed E-state index contributed by atoms with van der Waals surface area (Å²) in [6, 6.07) is 5.66. The van der Waals surface area contributed by atoms with Gasteiger partial charge in [0.1, 0.15) is 11.5 Å². The lowest BCUT2D eigenvalue weighted by Crippen LogP contribution is -2.62. The van der Waals surface area contributed by atoms with Gasteiger partial charge in [0, 0.05) is 23.7 Å². The molecule has 0 spiro atoms. The number of hydrogen-bond donors (Lipinski definition) is 1. The number of ether oxygens (including phenoxy) is 2. The number of rotatable bonds is 7. The van der Waals surface area contributed by atoms with Gasteiger partial charge in [0.15, 0.2) is 0 Å². The first-order chi connectivity index (χ1) is 13.4. The predicted octanol–water partition coefficient (Wildman–Crippen LogP) is 3.61. The van der Waals surface area contributed by atoms with Crippen LogP contribution in [0.2, 0.25) is 0 Å². The molecule has 1 aromatic rings. The normalized spacial score (nSPS) is 31.7. The lowest BCUT2D eigenvalue weighted by molar-refractivity contribution is -0.131. The zero-order valence-corrected chi connectivity index (χ0v) is 17.7. The Balaban J connectivity index is 1.40. The summed E-state index contributed by atoms with van der Waals surface area (Å²) in [5, 5.41) is 3.51. The van der Waals surface area contributed by atoms with E-state index in [1.807, 2.05) is 32.2 Å². The first kappa shape index (κ1) is 19.6. The van der Waals surface area contributed by atoms with E-state index >= 15 is 0 Å². The first-order valence-electron chi connectivity index (χ1n) is 10.6. The van der Waals surface area contributed by atoms with Crippen LogP contribution in [0.5, 0.6) is 11.5 Å². The minimum Gasteiger partial charge on any atom is -0.497 e. The Hall–Kier alpha value is -1.75. The van der Waals surface area contributed by atoms with Crippen molar-refractivity contribution in [2.45, 2.75) is 63.6 Å². The molecule has 4 aliphatic carbocycles. The Labute approximate surface area is 168 Å².